The lowest BCUT2D eigenvalue weighted by molar-refractivity contribution is -0.114. The Hall–Kier alpha value is -2.26. The number of sulfone groups is 1. The first-order valence-electron chi connectivity index (χ1n) is 9.04. The summed E-state index contributed by atoms with van der Waals surface area (Å²) in [6.07, 6.45) is 4.50. The maximum absolute atomic E-state index is 12.9. The van der Waals surface area contributed by atoms with Gasteiger partial charge in [0.15, 0.2) is 15.0 Å². The number of fused-ring (bicyclic) bond motifs is 1. The number of hydrogen-bond donors (Lipinski definition) is 0. The Labute approximate surface area is 187 Å². The predicted octanol–water partition coefficient (Wildman–Crippen LogP) is 3.73. The van der Waals surface area contributed by atoms with Gasteiger partial charge >= 0.3 is 0 Å². The Morgan fingerprint density at radius 1 is 1.10 bits per heavy atom. The molecule has 1 amide bonds. The molecule has 0 N–H and O–H groups in total. The third-order valence-corrected chi connectivity index (χ3v) is 6.41. The summed E-state index contributed by atoms with van der Waals surface area (Å²) in [6.45, 7) is 1.15. The summed E-state index contributed by atoms with van der Waals surface area (Å²) in [5, 5.41) is 0.551. The Morgan fingerprint density at radius 2 is 1.80 bits per heavy atom. The normalized spacial score (nSPS) is 11.7. The van der Waals surface area contributed by atoms with Crippen LogP contribution in [0.5, 0.6) is 0 Å². The lowest BCUT2D eigenvalue weighted by Gasteiger charge is -2.20. The fraction of sp³-hybridized carbons (Fsp3) is 0.238. The van der Waals surface area contributed by atoms with Gasteiger partial charge in [0, 0.05) is 25.4 Å². The third-order valence-electron chi connectivity index (χ3n) is 4.26. The number of thiazole rings is 1. The van der Waals surface area contributed by atoms with Gasteiger partial charge in [-0.25, -0.2) is 13.4 Å². The molecule has 0 aliphatic carbocycles. The number of halogens is 1. The zero-order valence-electron chi connectivity index (χ0n) is 17.0. The van der Waals surface area contributed by atoms with Gasteiger partial charge in [-0.15, -0.1) is 12.4 Å². The highest BCUT2D eigenvalue weighted by Crippen LogP contribution is 2.31. The van der Waals surface area contributed by atoms with Crippen molar-refractivity contribution in [2.75, 3.05) is 38.3 Å². The molecule has 2 aromatic carbocycles. The van der Waals surface area contributed by atoms with Crippen LogP contribution in [0, 0.1) is 0 Å². The molecule has 0 atom stereocenters. The number of rotatable bonds is 7. The number of likely N-dealkylation sites (N-methyl/N-ethyl adjacent to an activating group) is 1. The molecule has 9 heteroatoms. The van der Waals surface area contributed by atoms with Crippen LogP contribution < -0.4 is 4.90 Å². The highest BCUT2D eigenvalue weighted by atomic mass is 35.5. The molecule has 30 heavy (non-hydrogen) atoms. The minimum Gasteiger partial charge on any atom is -0.308 e. The maximum atomic E-state index is 12.9. The average Bonchev–Trinajstić information content (AvgIpc) is 3.09. The molecule has 3 aromatic rings. The second-order valence-corrected chi connectivity index (χ2v) is 9.96. The van der Waals surface area contributed by atoms with Crippen molar-refractivity contribution in [3.05, 3.63) is 60.2 Å². The lowest BCUT2D eigenvalue weighted by atomic mass is 10.2. The molecule has 0 saturated heterocycles. The van der Waals surface area contributed by atoms with Crippen molar-refractivity contribution >= 4 is 60.9 Å². The van der Waals surface area contributed by atoms with Crippen LogP contribution in [0.1, 0.15) is 5.56 Å². The number of aromatic nitrogens is 1. The van der Waals surface area contributed by atoms with Crippen LogP contribution >= 0.6 is 23.7 Å². The van der Waals surface area contributed by atoms with Crippen LogP contribution in [-0.4, -0.2) is 57.6 Å². The molecule has 0 saturated carbocycles. The van der Waals surface area contributed by atoms with Crippen LogP contribution in [0.4, 0.5) is 5.13 Å². The van der Waals surface area contributed by atoms with Gasteiger partial charge in [0.1, 0.15) is 0 Å². The van der Waals surface area contributed by atoms with Crippen LogP contribution in [0.15, 0.2) is 59.5 Å². The minimum atomic E-state index is -3.30. The van der Waals surface area contributed by atoms with Gasteiger partial charge in [-0.1, -0.05) is 41.7 Å². The predicted molar refractivity (Wildman–Crippen MR) is 126 cm³/mol. The Balaban J connectivity index is 0.00000320. The molecule has 0 radical (unpaired) electrons. The second-order valence-electron chi connectivity index (χ2n) is 6.94. The Kier molecular flexibility index (Phi) is 8.14. The summed E-state index contributed by atoms with van der Waals surface area (Å²) in [7, 11) is 0.585. The summed E-state index contributed by atoms with van der Waals surface area (Å²) < 4.78 is 24.4. The van der Waals surface area contributed by atoms with Gasteiger partial charge in [-0.3, -0.25) is 9.69 Å². The zero-order chi connectivity index (χ0) is 21.0. The van der Waals surface area contributed by atoms with Gasteiger partial charge in [0.25, 0.3) is 5.91 Å². The van der Waals surface area contributed by atoms with Gasteiger partial charge in [0.05, 0.1) is 15.1 Å². The molecule has 0 aliphatic heterocycles. The number of carbonyl (C=O) groups is 1. The SMILES string of the molecule is CN(C)CCN(C(=O)C=Cc1ccccc1)c1nc2ccc(S(C)(=O)=O)cc2s1.Cl. The molecule has 1 aromatic heterocycles. The van der Waals surface area contributed by atoms with E-state index in [1.807, 2.05) is 49.3 Å². The quantitative estimate of drug-likeness (QED) is 0.497. The number of benzene rings is 2. The Morgan fingerprint density at radius 3 is 2.43 bits per heavy atom. The average molecular weight is 466 g/mol. The van der Waals surface area contributed by atoms with E-state index in [0.717, 1.165) is 10.3 Å². The molecular formula is C21H24ClN3O3S2. The topological polar surface area (TPSA) is 70.6 Å². The first kappa shape index (κ1) is 24.0. The minimum absolute atomic E-state index is 0. The summed E-state index contributed by atoms with van der Waals surface area (Å²) >= 11 is 1.31. The van der Waals surface area contributed by atoms with E-state index < -0.39 is 9.84 Å². The zero-order valence-corrected chi connectivity index (χ0v) is 19.4. The standard InChI is InChI=1S/C21H23N3O3S2.ClH/c1-23(2)13-14-24(20(25)12-9-16-7-5-4-6-8-16)21-22-18-11-10-17(29(3,26)27)15-19(18)28-21;/h4-12,15H,13-14H2,1-3H3;1H. The van der Waals surface area contributed by atoms with Gasteiger partial charge in [-0.2, -0.15) is 0 Å². The molecule has 0 aliphatic rings. The lowest BCUT2D eigenvalue weighted by Crippen LogP contribution is -2.35. The van der Waals surface area contributed by atoms with Crippen LogP contribution in [0.25, 0.3) is 16.3 Å². The first-order valence-corrected chi connectivity index (χ1v) is 11.7. The molecule has 0 unspecified atom stereocenters. The first-order chi connectivity index (χ1) is 13.7. The van der Waals surface area contributed by atoms with Crippen molar-refractivity contribution < 1.29 is 13.2 Å². The summed E-state index contributed by atoms with van der Waals surface area (Å²) in [4.78, 5) is 21.4. The van der Waals surface area contributed by atoms with Crippen molar-refractivity contribution in [2.45, 2.75) is 4.90 Å². The van der Waals surface area contributed by atoms with Gasteiger partial charge < -0.3 is 4.90 Å². The van der Waals surface area contributed by atoms with E-state index in [4.69, 9.17) is 0 Å². The van der Waals surface area contributed by atoms with E-state index in [2.05, 4.69) is 4.98 Å². The fourth-order valence-electron chi connectivity index (χ4n) is 2.66. The number of hydrogen-bond acceptors (Lipinski definition) is 6. The van der Waals surface area contributed by atoms with E-state index in [1.54, 1.807) is 35.3 Å². The second kappa shape index (κ2) is 10.2. The Bertz CT molecular complexity index is 1140. The van der Waals surface area contributed by atoms with Crippen molar-refractivity contribution in [1.29, 1.82) is 0 Å². The smallest absolute Gasteiger partial charge is 0.252 e. The molecule has 160 valence electrons. The number of amides is 1. The molecule has 0 fully saturated rings. The van der Waals surface area contributed by atoms with E-state index in [-0.39, 0.29) is 23.2 Å². The number of carbonyl (C=O) groups excluding carboxylic acids is 1. The summed E-state index contributed by atoms with van der Waals surface area (Å²) in [6, 6.07) is 14.5. The van der Waals surface area contributed by atoms with Crippen LogP contribution in [-0.2, 0) is 14.6 Å². The van der Waals surface area contributed by atoms with Crippen molar-refractivity contribution in [3.8, 4) is 0 Å². The van der Waals surface area contributed by atoms with Crippen LogP contribution in [0.2, 0.25) is 0 Å². The van der Waals surface area contributed by atoms with E-state index in [9.17, 15) is 13.2 Å². The molecule has 0 spiro atoms. The van der Waals surface area contributed by atoms with E-state index >= 15 is 0 Å². The highest BCUT2D eigenvalue weighted by Gasteiger charge is 2.19. The number of anilines is 1. The van der Waals surface area contributed by atoms with Gasteiger partial charge in [0.2, 0.25) is 0 Å². The monoisotopic (exact) mass is 465 g/mol. The molecular weight excluding hydrogens is 442 g/mol. The largest absolute Gasteiger partial charge is 0.308 e. The van der Waals surface area contributed by atoms with Gasteiger partial charge in [-0.05, 0) is 43.9 Å². The van der Waals surface area contributed by atoms with E-state index in [0.29, 0.717) is 23.7 Å². The van der Waals surface area contributed by atoms with E-state index in [1.165, 1.54) is 17.6 Å². The van der Waals surface area contributed by atoms with Crippen LogP contribution in [0.3, 0.4) is 0 Å². The van der Waals surface area contributed by atoms with Crippen molar-refractivity contribution in [1.82, 2.24) is 9.88 Å². The van der Waals surface area contributed by atoms with Crippen molar-refractivity contribution in [3.63, 3.8) is 0 Å². The summed E-state index contributed by atoms with van der Waals surface area (Å²) in [5.74, 6) is -0.168. The fourth-order valence-corrected chi connectivity index (χ4v) is 4.42. The molecule has 3 rings (SSSR count). The summed E-state index contributed by atoms with van der Waals surface area (Å²) in [5.41, 5.74) is 1.61. The molecule has 1 heterocycles. The molecule has 0 bridgehead atoms. The third kappa shape index (κ3) is 6.12. The number of nitrogens with zero attached hydrogens (tertiary/aromatic N) is 3. The van der Waals surface area contributed by atoms with Crippen molar-refractivity contribution in [2.24, 2.45) is 0 Å². The maximum Gasteiger partial charge on any atom is 0.252 e. The highest BCUT2D eigenvalue weighted by molar-refractivity contribution is 7.90. The molecule has 6 nitrogen and oxygen atoms in total.